The maximum Gasteiger partial charge on any atom is 0.157 e. The van der Waals surface area contributed by atoms with E-state index < -0.39 is 0 Å². The van der Waals surface area contributed by atoms with Crippen molar-refractivity contribution in [3.63, 3.8) is 0 Å². The number of nitrogen functional groups attached to an aromatic ring is 1. The van der Waals surface area contributed by atoms with Crippen LogP contribution in [0.1, 0.15) is 27.2 Å². The minimum absolute atomic E-state index is 0.0748. The van der Waals surface area contributed by atoms with Crippen LogP contribution in [0.4, 0.5) is 17.3 Å². The summed E-state index contributed by atoms with van der Waals surface area (Å²) in [6.45, 7) is 7.50. The summed E-state index contributed by atoms with van der Waals surface area (Å²) in [6.07, 6.45) is 2.49. The number of nitrogens with zero attached hydrogens (tertiary/aromatic N) is 3. The van der Waals surface area contributed by atoms with Crippen molar-refractivity contribution in [1.82, 2.24) is 9.97 Å². The van der Waals surface area contributed by atoms with Gasteiger partial charge in [-0.3, -0.25) is 0 Å². The monoisotopic (exact) mass is 253 g/mol. The summed E-state index contributed by atoms with van der Waals surface area (Å²) >= 11 is 0. The van der Waals surface area contributed by atoms with Crippen LogP contribution < -0.4 is 16.0 Å². The first-order valence-electron chi connectivity index (χ1n) is 6.36. The largest absolute Gasteiger partial charge is 0.395 e. The van der Waals surface area contributed by atoms with Crippen LogP contribution in [0, 0.1) is 0 Å². The Morgan fingerprint density at radius 3 is 2.72 bits per heavy atom. The van der Waals surface area contributed by atoms with Crippen LogP contribution in [0.15, 0.2) is 6.33 Å². The van der Waals surface area contributed by atoms with Crippen LogP contribution in [-0.2, 0) is 0 Å². The van der Waals surface area contributed by atoms with Gasteiger partial charge < -0.3 is 21.1 Å². The summed E-state index contributed by atoms with van der Waals surface area (Å²) in [5.74, 6) is 1.33. The molecule has 1 aromatic heterocycles. The van der Waals surface area contributed by atoms with Crippen LogP contribution >= 0.6 is 0 Å². The Balaban J connectivity index is 2.96. The van der Waals surface area contributed by atoms with E-state index in [0.717, 1.165) is 13.0 Å². The van der Waals surface area contributed by atoms with Gasteiger partial charge in [0.05, 0.1) is 6.61 Å². The lowest BCUT2D eigenvalue weighted by atomic mass is 10.2. The van der Waals surface area contributed by atoms with Crippen molar-refractivity contribution in [3.05, 3.63) is 6.33 Å². The third-order valence-corrected chi connectivity index (χ3v) is 2.91. The van der Waals surface area contributed by atoms with Crippen LogP contribution in [0.2, 0.25) is 0 Å². The van der Waals surface area contributed by atoms with E-state index in [1.54, 1.807) is 0 Å². The number of hydrogen-bond acceptors (Lipinski definition) is 6. The lowest BCUT2D eigenvalue weighted by molar-refractivity contribution is 0.302. The molecule has 0 aliphatic rings. The second kappa shape index (κ2) is 7.00. The van der Waals surface area contributed by atoms with Crippen molar-refractivity contribution < 1.29 is 5.11 Å². The minimum atomic E-state index is 0.0748. The Labute approximate surface area is 108 Å². The van der Waals surface area contributed by atoms with Crippen molar-refractivity contribution in [2.24, 2.45) is 0 Å². The first-order valence-corrected chi connectivity index (χ1v) is 6.36. The minimum Gasteiger partial charge on any atom is -0.395 e. The first-order chi connectivity index (χ1) is 8.63. The van der Waals surface area contributed by atoms with Crippen molar-refractivity contribution in [2.45, 2.75) is 33.2 Å². The van der Waals surface area contributed by atoms with Crippen LogP contribution in [0.3, 0.4) is 0 Å². The molecule has 0 fully saturated rings. The number of nitrogens with one attached hydrogen (secondary N) is 1. The molecule has 0 aliphatic carbocycles. The molecule has 0 spiro atoms. The second-order valence-corrected chi connectivity index (χ2v) is 4.22. The van der Waals surface area contributed by atoms with Gasteiger partial charge in [-0.05, 0) is 20.3 Å². The Morgan fingerprint density at radius 1 is 1.44 bits per heavy atom. The molecule has 102 valence electrons. The highest BCUT2D eigenvalue weighted by Gasteiger charge is 2.14. The fraction of sp³-hybridized carbons (Fsp3) is 0.667. The van der Waals surface area contributed by atoms with E-state index in [0.29, 0.717) is 29.9 Å². The molecular weight excluding hydrogens is 230 g/mol. The van der Waals surface area contributed by atoms with Gasteiger partial charge in [-0.15, -0.1) is 0 Å². The van der Waals surface area contributed by atoms with E-state index in [1.807, 2.05) is 11.8 Å². The molecule has 0 bridgehead atoms. The molecule has 1 aromatic rings. The zero-order valence-electron chi connectivity index (χ0n) is 11.3. The molecule has 0 amide bonds. The number of aliphatic hydroxyl groups excluding tert-OH is 1. The van der Waals surface area contributed by atoms with Crippen molar-refractivity contribution in [2.75, 3.05) is 35.6 Å². The molecule has 1 heterocycles. The number of rotatable bonds is 7. The van der Waals surface area contributed by atoms with E-state index in [1.165, 1.54) is 6.33 Å². The summed E-state index contributed by atoms with van der Waals surface area (Å²) in [7, 11) is 0. The van der Waals surface area contributed by atoms with Gasteiger partial charge in [0.25, 0.3) is 0 Å². The normalized spacial score (nSPS) is 12.2. The average Bonchev–Trinajstić information content (AvgIpc) is 2.38. The molecule has 0 saturated heterocycles. The SMILES string of the molecule is CCC(C)Nc1ncnc(N(CC)CCO)c1N. The molecule has 1 atom stereocenters. The van der Waals surface area contributed by atoms with Gasteiger partial charge in [-0.1, -0.05) is 6.92 Å². The molecule has 1 unspecified atom stereocenters. The summed E-state index contributed by atoms with van der Waals surface area (Å²) in [5.41, 5.74) is 6.62. The van der Waals surface area contributed by atoms with E-state index in [2.05, 4.69) is 29.1 Å². The maximum atomic E-state index is 9.03. The Kier molecular flexibility index (Phi) is 5.64. The molecule has 18 heavy (non-hydrogen) atoms. The summed E-state index contributed by atoms with van der Waals surface area (Å²) in [5, 5.41) is 12.3. The van der Waals surface area contributed by atoms with Gasteiger partial charge in [0.2, 0.25) is 0 Å². The maximum absolute atomic E-state index is 9.03. The number of aromatic nitrogens is 2. The average molecular weight is 253 g/mol. The smallest absolute Gasteiger partial charge is 0.157 e. The molecule has 1 rings (SSSR count). The Bertz CT molecular complexity index is 371. The number of anilines is 3. The Morgan fingerprint density at radius 2 is 2.17 bits per heavy atom. The molecule has 0 aliphatic heterocycles. The predicted octanol–water partition coefficient (Wildman–Crippen LogP) is 1.09. The fourth-order valence-corrected chi connectivity index (χ4v) is 1.62. The second-order valence-electron chi connectivity index (χ2n) is 4.22. The lowest BCUT2D eigenvalue weighted by Gasteiger charge is -2.23. The van der Waals surface area contributed by atoms with Gasteiger partial charge in [-0.2, -0.15) is 0 Å². The van der Waals surface area contributed by atoms with Crippen LogP contribution in [0.5, 0.6) is 0 Å². The molecular formula is C12H23N5O. The molecule has 6 heteroatoms. The van der Waals surface area contributed by atoms with Gasteiger partial charge >= 0.3 is 0 Å². The number of hydrogen-bond donors (Lipinski definition) is 3. The zero-order valence-corrected chi connectivity index (χ0v) is 11.3. The lowest BCUT2D eigenvalue weighted by Crippen LogP contribution is -2.28. The van der Waals surface area contributed by atoms with Gasteiger partial charge in [0.15, 0.2) is 11.6 Å². The summed E-state index contributed by atoms with van der Waals surface area (Å²) < 4.78 is 0. The summed E-state index contributed by atoms with van der Waals surface area (Å²) in [4.78, 5) is 10.3. The highest BCUT2D eigenvalue weighted by atomic mass is 16.3. The first kappa shape index (κ1) is 14.5. The predicted molar refractivity (Wildman–Crippen MR) is 74.8 cm³/mol. The third kappa shape index (κ3) is 3.46. The highest BCUT2D eigenvalue weighted by molar-refractivity contribution is 5.75. The number of aliphatic hydroxyl groups is 1. The molecule has 0 aromatic carbocycles. The van der Waals surface area contributed by atoms with Gasteiger partial charge in [0.1, 0.15) is 12.0 Å². The van der Waals surface area contributed by atoms with Crippen LogP contribution in [-0.4, -0.2) is 40.8 Å². The third-order valence-electron chi connectivity index (χ3n) is 2.91. The van der Waals surface area contributed by atoms with Crippen molar-refractivity contribution >= 4 is 17.3 Å². The fourth-order valence-electron chi connectivity index (χ4n) is 1.62. The van der Waals surface area contributed by atoms with Gasteiger partial charge in [-0.25, -0.2) is 9.97 Å². The van der Waals surface area contributed by atoms with Crippen molar-refractivity contribution in [1.29, 1.82) is 0 Å². The standard InChI is InChI=1S/C12H23N5O/c1-4-9(3)16-11-10(13)12(15-8-14-11)17(5-2)6-7-18/h8-9,18H,4-7,13H2,1-3H3,(H,14,15,16). The number of likely N-dealkylation sites (N-methyl/N-ethyl adjacent to an activating group) is 1. The van der Waals surface area contributed by atoms with E-state index >= 15 is 0 Å². The van der Waals surface area contributed by atoms with Gasteiger partial charge in [0, 0.05) is 19.1 Å². The molecule has 0 saturated carbocycles. The van der Waals surface area contributed by atoms with E-state index in [4.69, 9.17) is 10.8 Å². The quantitative estimate of drug-likeness (QED) is 0.674. The molecule has 0 radical (unpaired) electrons. The highest BCUT2D eigenvalue weighted by Crippen LogP contribution is 2.26. The number of nitrogens with two attached hydrogens (primary N) is 1. The van der Waals surface area contributed by atoms with Crippen molar-refractivity contribution in [3.8, 4) is 0 Å². The van der Waals surface area contributed by atoms with E-state index in [-0.39, 0.29) is 6.61 Å². The van der Waals surface area contributed by atoms with E-state index in [9.17, 15) is 0 Å². The Hall–Kier alpha value is -1.56. The topological polar surface area (TPSA) is 87.3 Å². The summed E-state index contributed by atoms with van der Waals surface area (Å²) in [6, 6.07) is 0.308. The van der Waals surface area contributed by atoms with Crippen LogP contribution in [0.25, 0.3) is 0 Å². The zero-order chi connectivity index (χ0) is 13.5. The molecule has 6 nitrogen and oxygen atoms in total. The molecule has 4 N–H and O–H groups in total.